The average Bonchev–Trinajstić information content (AvgIpc) is 2.53. The second-order valence-corrected chi connectivity index (χ2v) is 2.34. The monoisotopic (exact) mass is 162 g/mol. The van der Waals surface area contributed by atoms with Gasteiger partial charge in [-0.1, -0.05) is 13.8 Å². The molecule has 0 bridgehead atoms. The highest BCUT2D eigenvalue weighted by Crippen LogP contribution is 2.09. The van der Waals surface area contributed by atoms with E-state index < -0.39 is 0 Å². The SMILES string of the molecule is CC.Cn1ccc2cccnc21. The molecule has 0 saturated heterocycles. The van der Waals surface area contributed by atoms with Gasteiger partial charge < -0.3 is 4.57 Å². The molecule has 0 N–H and O–H groups in total. The first-order chi connectivity index (χ1) is 5.88. The minimum absolute atomic E-state index is 1.04. The van der Waals surface area contributed by atoms with Crippen LogP contribution in [0.4, 0.5) is 0 Å². The Morgan fingerprint density at radius 1 is 1.25 bits per heavy atom. The van der Waals surface area contributed by atoms with Crippen molar-refractivity contribution in [2.75, 3.05) is 0 Å². The minimum atomic E-state index is 1.04. The van der Waals surface area contributed by atoms with Gasteiger partial charge in [0.05, 0.1) is 0 Å². The van der Waals surface area contributed by atoms with E-state index >= 15 is 0 Å². The van der Waals surface area contributed by atoms with Crippen molar-refractivity contribution in [2.45, 2.75) is 13.8 Å². The second-order valence-electron chi connectivity index (χ2n) is 2.34. The zero-order chi connectivity index (χ0) is 8.97. The average molecular weight is 162 g/mol. The lowest BCUT2D eigenvalue weighted by Crippen LogP contribution is -1.85. The molecule has 2 aromatic heterocycles. The Hall–Kier alpha value is -1.31. The Balaban J connectivity index is 0.000000336. The van der Waals surface area contributed by atoms with E-state index in [-0.39, 0.29) is 0 Å². The number of fused-ring (bicyclic) bond motifs is 1. The lowest BCUT2D eigenvalue weighted by atomic mass is 10.3. The first kappa shape index (κ1) is 8.78. The van der Waals surface area contributed by atoms with Crippen molar-refractivity contribution in [3.05, 3.63) is 30.6 Å². The predicted molar refractivity (Wildman–Crippen MR) is 52.1 cm³/mol. The fourth-order valence-electron chi connectivity index (χ4n) is 1.10. The molecule has 0 fully saturated rings. The zero-order valence-electron chi connectivity index (χ0n) is 7.78. The largest absolute Gasteiger partial charge is 0.336 e. The van der Waals surface area contributed by atoms with Crippen LogP contribution in [0.15, 0.2) is 30.6 Å². The smallest absolute Gasteiger partial charge is 0.139 e. The van der Waals surface area contributed by atoms with Gasteiger partial charge in [-0.3, -0.25) is 0 Å². The number of pyridine rings is 1. The van der Waals surface area contributed by atoms with E-state index in [4.69, 9.17) is 0 Å². The van der Waals surface area contributed by atoms with E-state index in [0.29, 0.717) is 0 Å². The van der Waals surface area contributed by atoms with Crippen molar-refractivity contribution < 1.29 is 0 Å². The highest BCUT2D eigenvalue weighted by molar-refractivity contribution is 5.75. The summed E-state index contributed by atoms with van der Waals surface area (Å²) in [5.41, 5.74) is 1.04. The van der Waals surface area contributed by atoms with Crippen molar-refractivity contribution in [3.63, 3.8) is 0 Å². The van der Waals surface area contributed by atoms with Crippen LogP contribution in [-0.2, 0) is 7.05 Å². The van der Waals surface area contributed by atoms with E-state index in [9.17, 15) is 0 Å². The summed E-state index contributed by atoms with van der Waals surface area (Å²) >= 11 is 0. The lowest BCUT2D eigenvalue weighted by molar-refractivity contribution is 0.948. The van der Waals surface area contributed by atoms with Gasteiger partial charge in [-0.05, 0) is 18.2 Å². The van der Waals surface area contributed by atoms with Crippen LogP contribution in [0.2, 0.25) is 0 Å². The van der Waals surface area contributed by atoms with Crippen molar-refractivity contribution in [1.82, 2.24) is 9.55 Å². The summed E-state index contributed by atoms with van der Waals surface area (Å²) in [6.07, 6.45) is 3.82. The van der Waals surface area contributed by atoms with E-state index in [1.807, 2.05) is 43.9 Å². The van der Waals surface area contributed by atoms with E-state index in [1.54, 1.807) is 0 Å². The highest BCUT2D eigenvalue weighted by Gasteiger charge is 1.93. The van der Waals surface area contributed by atoms with Crippen LogP contribution in [-0.4, -0.2) is 9.55 Å². The van der Waals surface area contributed by atoms with Crippen LogP contribution in [0.25, 0.3) is 11.0 Å². The molecule has 2 rings (SSSR count). The molecule has 0 aliphatic rings. The number of rotatable bonds is 0. The van der Waals surface area contributed by atoms with E-state index in [1.165, 1.54) is 5.39 Å². The molecule has 0 amide bonds. The van der Waals surface area contributed by atoms with Gasteiger partial charge in [0.25, 0.3) is 0 Å². The normalized spacial score (nSPS) is 9.25. The van der Waals surface area contributed by atoms with Crippen LogP contribution >= 0.6 is 0 Å². The Morgan fingerprint density at radius 2 is 2.00 bits per heavy atom. The van der Waals surface area contributed by atoms with Crippen molar-refractivity contribution >= 4 is 11.0 Å². The molecule has 12 heavy (non-hydrogen) atoms. The second kappa shape index (κ2) is 3.90. The van der Waals surface area contributed by atoms with Gasteiger partial charge in [0.1, 0.15) is 5.65 Å². The molecule has 2 nitrogen and oxygen atoms in total. The molecule has 0 aliphatic carbocycles. The van der Waals surface area contributed by atoms with Crippen LogP contribution < -0.4 is 0 Å². The number of aromatic nitrogens is 2. The zero-order valence-corrected chi connectivity index (χ0v) is 7.78. The molecule has 0 spiro atoms. The quantitative estimate of drug-likeness (QED) is 0.582. The molecule has 2 aromatic rings. The van der Waals surface area contributed by atoms with Gasteiger partial charge in [0.15, 0.2) is 0 Å². The number of hydrogen-bond acceptors (Lipinski definition) is 1. The Labute approximate surface area is 72.9 Å². The van der Waals surface area contributed by atoms with Crippen molar-refractivity contribution in [1.29, 1.82) is 0 Å². The maximum absolute atomic E-state index is 4.20. The van der Waals surface area contributed by atoms with Gasteiger partial charge >= 0.3 is 0 Å². The predicted octanol–water partition coefficient (Wildman–Crippen LogP) is 2.60. The first-order valence-corrected chi connectivity index (χ1v) is 4.24. The Morgan fingerprint density at radius 3 is 2.67 bits per heavy atom. The van der Waals surface area contributed by atoms with Gasteiger partial charge in [-0.15, -0.1) is 0 Å². The van der Waals surface area contributed by atoms with Gasteiger partial charge in [0.2, 0.25) is 0 Å². The third-order valence-electron chi connectivity index (χ3n) is 1.63. The molecule has 0 aliphatic heterocycles. The fraction of sp³-hybridized carbons (Fsp3) is 0.300. The van der Waals surface area contributed by atoms with Gasteiger partial charge in [0, 0.05) is 24.8 Å². The van der Waals surface area contributed by atoms with E-state index in [2.05, 4.69) is 17.1 Å². The number of nitrogens with zero attached hydrogens (tertiary/aromatic N) is 2. The minimum Gasteiger partial charge on any atom is -0.336 e. The maximum atomic E-state index is 4.20. The molecule has 0 atom stereocenters. The summed E-state index contributed by atoms with van der Waals surface area (Å²) in [4.78, 5) is 4.20. The molecular formula is C10H14N2. The summed E-state index contributed by atoms with van der Waals surface area (Å²) in [5, 5.41) is 1.20. The van der Waals surface area contributed by atoms with Gasteiger partial charge in [-0.25, -0.2) is 4.98 Å². The summed E-state index contributed by atoms with van der Waals surface area (Å²) in [6.45, 7) is 4.00. The molecule has 64 valence electrons. The van der Waals surface area contributed by atoms with Crippen LogP contribution in [0.5, 0.6) is 0 Å². The molecular weight excluding hydrogens is 148 g/mol. The Kier molecular flexibility index (Phi) is 2.86. The topological polar surface area (TPSA) is 17.8 Å². The third-order valence-corrected chi connectivity index (χ3v) is 1.63. The van der Waals surface area contributed by atoms with Crippen LogP contribution in [0, 0.1) is 0 Å². The van der Waals surface area contributed by atoms with E-state index in [0.717, 1.165) is 5.65 Å². The molecule has 0 saturated carbocycles. The van der Waals surface area contributed by atoms with Crippen molar-refractivity contribution in [2.24, 2.45) is 7.05 Å². The third kappa shape index (κ3) is 1.47. The molecule has 0 unspecified atom stereocenters. The van der Waals surface area contributed by atoms with Crippen LogP contribution in [0.1, 0.15) is 13.8 Å². The number of hydrogen-bond donors (Lipinski definition) is 0. The van der Waals surface area contributed by atoms with Gasteiger partial charge in [-0.2, -0.15) is 0 Å². The standard InChI is InChI=1S/C8H8N2.C2H6/c1-10-6-4-7-3-2-5-9-8(7)10;1-2/h2-6H,1H3;1-2H3. The molecule has 0 aromatic carbocycles. The maximum Gasteiger partial charge on any atom is 0.139 e. The lowest BCUT2D eigenvalue weighted by Gasteiger charge is -1.91. The number of aryl methyl sites for hydroxylation is 1. The molecule has 2 heterocycles. The fourth-order valence-corrected chi connectivity index (χ4v) is 1.10. The Bertz CT molecular complexity index is 349. The summed E-state index contributed by atoms with van der Waals surface area (Å²) in [6, 6.07) is 6.06. The summed E-state index contributed by atoms with van der Waals surface area (Å²) in [5.74, 6) is 0. The highest BCUT2D eigenvalue weighted by atomic mass is 15.0. The summed E-state index contributed by atoms with van der Waals surface area (Å²) < 4.78 is 2.01. The van der Waals surface area contributed by atoms with Crippen molar-refractivity contribution in [3.8, 4) is 0 Å². The summed E-state index contributed by atoms with van der Waals surface area (Å²) in [7, 11) is 2.00. The molecule has 2 heteroatoms. The van der Waals surface area contributed by atoms with Crippen LogP contribution in [0.3, 0.4) is 0 Å². The first-order valence-electron chi connectivity index (χ1n) is 4.24. The molecule has 0 radical (unpaired) electrons.